The summed E-state index contributed by atoms with van der Waals surface area (Å²) in [5, 5.41) is 0. The summed E-state index contributed by atoms with van der Waals surface area (Å²) in [5.41, 5.74) is 5.24. The Labute approximate surface area is 115 Å². The minimum Gasteiger partial charge on any atom is -0.492 e. The van der Waals surface area contributed by atoms with Gasteiger partial charge in [0.05, 0.1) is 11.3 Å². The van der Waals surface area contributed by atoms with E-state index < -0.39 is 29.2 Å². The summed E-state index contributed by atoms with van der Waals surface area (Å²) in [6.45, 7) is -0.0910. The Hall–Kier alpha value is -1.32. The van der Waals surface area contributed by atoms with E-state index >= 15 is 0 Å². The molecule has 5 nitrogen and oxygen atoms in total. The highest BCUT2D eigenvalue weighted by Gasteiger charge is 2.27. The highest BCUT2D eigenvalue weighted by atomic mass is 32.2. The third kappa shape index (κ3) is 5.76. The molecule has 0 atom stereocenters. The maximum atomic E-state index is 11.9. The van der Waals surface area contributed by atoms with E-state index in [-0.39, 0.29) is 11.5 Å². The molecule has 1 aromatic rings. The largest absolute Gasteiger partial charge is 0.492 e. The number of hydrogen-bond acceptors (Lipinski definition) is 4. The van der Waals surface area contributed by atoms with E-state index in [0.717, 1.165) is 0 Å². The maximum Gasteiger partial charge on any atom is 0.390 e. The maximum absolute atomic E-state index is 11.9. The Kier molecular flexibility index (Phi) is 5.78. The van der Waals surface area contributed by atoms with Crippen LogP contribution in [0.5, 0.6) is 5.75 Å². The zero-order chi connectivity index (χ0) is 15.2. The molecular weight excluding hydrogens is 297 g/mol. The van der Waals surface area contributed by atoms with Crippen LogP contribution in [0.15, 0.2) is 29.2 Å². The number of ether oxygens (including phenoxy) is 1. The van der Waals surface area contributed by atoms with Crippen molar-refractivity contribution in [2.75, 3.05) is 19.7 Å². The molecule has 0 saturated heterocycles. The molecule has 9 heteroatoms. The SMILES string of the molecule is NCCOc1ccc(S(=O)(=O)NCCC(F)(F)F)cc1. The first-order chi connectivity index (χ1) is 9.24. The number of hydrogen-bond donors (Lipinski definition) is 2. The molecule has 3 N–H and O–H groups in total. The van der Waals surface area contributed by atoms with Crippen molar-refractivity contribution in [3.8, 4) is 5.75 Å². The number of halogens is 3. The van der Waals surface area contributed by atoms with Crippen LogP contribution in [-0.4, -0.2) is 34.3 Å². The lowest BCUT2D eigenvalue weighted by Crippen LogP contribution is -2.28. The normalized spacial score (nSPS) is 12.4. The van der Waals surface area contributed by atoms with Crippen LogP contribution in [0.4, 0.5) is 13.2 Å². The van der Waals surface area contributed by atoms with Crippen molar-refractivity contribution >= 4 is 10.0 Å². The van der Waals surface area contributed by atoms with E-state index in [2.05, 4.69) is 0 Å². The Morgan fingerprint density at radius 1 is 1.20 bits per heavy atom. The van der Waals surface area contributed by atoms with E-state index in [0.29, 0.717) is 12.3 Å². The van der Waals surface area contributed by atoms with Crippen LogP contribution < -0.4 is 15.2 Å². The third-order valence-electron chi connectivity index (χ3n) is 2.22. The summed E-state index contributed by atoms with van der Waals surface area (Å²) in [4.78, 5) is -0.125. The van der Waals surface area contributed by atoms with Crippen molar-refractivity contribution in [3.05, 3.63) is 24.3 Å². The van der Waals surface area contributed by atoms with Gasteiger partial charge in [0.1, 0.15) is 12.4 Å². The molecule has 0 aliphatic rings. The van der Waals surface area contributed by atoms with Crippen molar-refractivity contribution in [2.45, 2.75) is 17.5 Å². The first kappa shape index (κ1) is 16.7. The molecule has 20 heavy (non-hydrogen) atoms. The van der Waals surface area contributed by atoms with Crippen molar-refractivity contribution in [3.63, 3.8) is 0 Å². The van der Waals surface area contributed by atoms with Gasteiger partial charge in [0.25, 0.3) is 0 Å². The number of sulfonamides is 1. The molecule has 0 heterocycles. The standard InChI is InChI=1S/C11H15F3N2O3S/c12-11(13,14)5-7-16-20(17,18)10-3-1-9(2-4-10)19-8-6-15/h1-4,16H,5-8,15H2. The molecular formula is C11H15F3N2O3S. The van der Waals surface area contributed by atoms with Gasteiger partial charge in [-0.3, -0.25) is 0 Å². The van der Waals surface area contributed by atoms with Gasteiger partial charge in [0.15, 0.2) is 0 Å². The van der Waals surface area contributed by atoms with Gasteiger partial charge in [-0.05, 0) is 24.3 Å². The number of nitrogens with two attached hydrogens (primary N) is 1. The molecule has 0 aromatic heterocycles. The van der Waals surface area contributed by atoms with E-state index in [1.165, 1.54) is 24.3 Å². The molecule has 0 unspecified atom stereocenters. The average Bonchev–Trinajstić information content (AvgIpc) is 2.35. The minimum atomic E-state index is -4.40. The van der Waals surface area contributed by atoms with Gasteiger partial charge < -0.3 is 10.5 Å². The second-order valence-electron chi connectivity index (χ2n) is 3.87. The van der Waals surface area contributed by atoms with Crippen LogP contribution in [0, 0.1) is 0 Å². The monoisotopic (exact) mass is 312 g/mol. The van der Waals surface area contributed by atoms with Crippen molar-refractivity contribution in [2.24, 2.45) is 5.73 Å². The Balaban J connectivity index is 2.63. The van der Waals surface area contributed by atoms with Gasteiger partial charge in [0, 0.05) is 13.1 Å². The molecule has 0 aliphatic heterocycles. The second kappa shape index (κ2) is 6.91. The second-order valence-corrected chi connectivity index (χ2v) is 5.64. The Bertz CT molecular complexity index is 515. The quantitative estimate of drug-likeness (QED) is 0.794. The number of alkyl halides is 3. The zero-order valence-electron chi connectivity index (χ0n) is 10.5. The molecule has 114 valence electrons. The molecule has 0 fully saturated rings. The zero-order valence-corrected chi connectivity index (χ0v) is 11.3. The Morgan fingerprint density at radius 2 is 1.80 bits per heavy atom. The first-order valence-corrected chi connectivity index (χ1v) is 7.22. The first-order valence-electron chi connectivity index (χ1n) is 5.74. The van der Waals surface area contributed by atoms with E-state index in [1.807, 2.05) is 4.72 Å². The molecule has 0 radical (unpaired) electrons. The fourth-order valence-electron chi connectivity index (χ4n) is 1.30. The highest BCUT2D eigenvalue weighted by molar-refractivity contribution is 7.89. The average molecular weight is 312 g/mol. The van der Waals surface area contributed by atoms with E-state index in [9.17, 15) is 21.6 Å². The predicted molar refractivity (Wildman–Crippen MR) is 66.9 cm³/mol. The Morgan fingerprint density at radius 3 is 2.30 bits per heavy atom. The highest BCUT2D eigenvalue weighted by Crippen LogP contribution is 2.19. The predicted octanol–water partition coefficient (Wildman–Crippen LogP) is 1.25. The van der Waals surface area contributed by atoms with Crippen LogP contribution in [0.3, 0.4) is 0 Å². The number of rotatable bonds is 7. The van der Waals surface area contributed by atoms with Gasteiger partial charge in [-0.15, -0.1) is 0 Å². The summed E-state index contributed by atoms with van der Waals surface area (Å²) < 4.78 is 66.3. The van der Waals surface area contributed by atoms with Crippen molar-refractivity contribution < 1.29 is 26.3 Å². The topological polar surface area (TPSA) is 81.4 Å². The molecule has 0 aliphatic carbocycles. The van der Waals surface area contributed by atoms with Gasteiger partial charge in [-0.1, -0.05) is 0 Å². The van der Waals surface area contributed by atoms with Gasteiger partial charge >= 0.3 is 6.18 Å². The summed E-state index contributed by atoms with van der Waals surface area (Å²) in [5.74, 6) is 0.435. The van der Waals surface area contributed by atoms with Gasteiger partial charge in [-0.25, -0.2) is 13.1 Å². The van der Waals surface area contributed by atoms with Crippen LogP contribution in [0.1, 0.15) is 6.42 Å². The fraction of sp³-hybridized carbons (Fsp3) is 0.455. The molecule has 0 saturated carbocycles. The summed E-state index contributed by atoms with van der Waals surface area (Å²) in [6.07, 6.45) is -5.62. The molecule has 0 spiro atoms. The van der Waals surface area contributed by atoms with Gasteiger partial charge in [-0.2, -0.15) is 13.2 Å². The fourth-order valence-corrected chi connectivity index (χ4v) is 2.33. The lowest BCUT2D eigenvalue weighted by atomic mass is 10.3. The van der Waals surface area contributed by atoms with E-state index in [4.69, 9.17) is 10.5 Å². The number of benzene rings is 1. The summed E-state index contributed by atoms with van der Waals surface area (Å²) in [6, 6.07) is 5.32. The van der Waals surface area contributed by atoms with Crippen LogP contribution in [0.2, 0.25) is 0 Å². The molecule has 1 aromatic carbocycles. The smallest absolute Gasteiger partial charge is 0.390 e. The lowest BCUT2D eigenvalue weighted by Gasteiger charge is -2.09. The molecule has 0 bridgehead atoms. The van der Waals surface area contributed by atoms with Crippen LogP contribution in [-0.2, 0) is 10.0 Å². The van der Waals surface area contributed by atoms with Crippen LogP contribution >= 0.6 is 0 Å². The molecule has 1 rings (SSSR count). The van der Waals surface area contributed by atoms with Crippen molar-refractivity contribution in [1.29, 1.82) is 0 Å². The van der Waals surface area contributed by atoms with Gasteiger partial charge in [0.2, 0.25) is 10.0 Å². The number of nitrogens with one attached hydrogen (secondary N) is 1. The third-order valence-corrected chi connectivity index (χ3v) is 3.70. The minimum absolute atomic E-state index is 0.125. The lowest BCUT2D eigenvalue weighted by molar-refractivity contribution is -0.132. The van der Waals surface area contributed by atoms with Crippen molar-refractivity contribution in [1.82, 2.24) is 4.72 Å². The van der Waals surface area contributed by atoms with E-state index in [1.54, 1.807) is 0 Å². The molecule has 0 amide bonds. The summed E-state index contributed by atoms with van der Waals surface area (Å²) in [7, 11) is -3.95. The van der Waals surface area contributed by atoms with Crippen LogP contribution in [0.25, 0.3) is 0 Å². The summed E-state index contributed by atoms with van der Waals surface area (Å²) >= 11 is 0.